The van der Waals surface area contributed by atoms with Crippen molar-refractivity contribution in [2.45, 2.75) is 0 Å². The van der Waals surface area contributed by atoms with E-state index in [0.29, 0.717) is 22.1 Å². The molecule has 0 fully saturated rings. The van der Waals surface area contributed by atoms with E-state index in [1.54, 1.807) is 24.4 Å². The van der Waals surface area contributed by atoms with Crippen LogP contribution in [-0.4, -0.2) is 17.1 Å². The molecule has 0 bridgehead atoms. The van der Waals surface area contributed by atoms with Crippen molar-refractivity contribution in [1.82, 2.24) is 9.97 Å². The summed E-state index contributed by atoms with van der Waals surface area (Å²) in [6, 6.07) is 12.2. The summed E-state index contributed by atoms with van der Waals surface area (Å²) in [6.45, 7) is 0. The molecule has 0 unspecified atom stereocenters. The molecule has 5 heteroatoms. The lowest BCUT2D eigenvalue weighted by atomic mass is 10.1. The van der Waals surface area contributed by atoms with Crippen molar-refractivity contribution in [2.24, 2.45) is 0 Å². The molecule has 0 saturated heterocycles. The largest absolute Gasteiger partial charge is 0.494 e. The van der Waals surface area contributed by atoms with Gasteiger partial charge in [-0.3, -0.25) is 0 Å². The fraction of sp³-hybridized carbons (Fsp3) is 0.0625. The minimum atomic E-state index is -0.413. The molecule has 3 rings (SSSR count). The number of halogens is 2. The summed E-state index contributed by atoms with van der Waals surface area (Å²) in [4.78, 5) is 7.45. The van der Waals surface area contributed by atoms with Crippen molar-refractivity contribution in [2.75, 3.05) is 7.11 Å². The number of hydrogen-bond acceptors (Lipinski definition) is 2. The van der Waals surface area contributed by atoms with E-state index in [2.05, 4.69) is 9.97 Å². The number of nitrogens with one attached hydrogen (secondary N) is 1. The van der Waals surface area contributed by atoms with Crippen LogP contribution in [0.25, 0.3) is 22.6 Å². The van der Waals surface area contributed by atoms with Crippen LogP contribution in [0.15, 0.2) is 48.7 Å². The fourth-order valence-corrected chi connectivity index (χ4v) is 2.32. The predicted molar refractivity (Wildman–Crippen MR) is 81.0 cm³/mol. The van der Waals surface area contributed by atoms with Gasteiger partial charge in [0.25, 0.3) is 0 Å². The number of nitrogens with zero attached hydrogens (tertiary/aromatic N) is 1. The summed E-state index contributed by atoms with van der Waals surface area (Å²) in [5.74, 6) is 0.445. The number of ether oxygens (including phenoxy) is 1. The van der Waals surface area contributed by atoms with Gasteiger partial charge in [0.2, 0.25) is 0 Å². The number of H-pyrrole nitrogens is 1. The van der Waals surface area contributed by atoms with Gasteiger partial charge in [0, 0.05) is 11.1 Å². The van der Waals surface area contributed by atoms with Crippen molar-refractivity contribution in [1.29, 1.82) is 0 Å². The molecule has 106 valence electrons. The minimum Gasteiger partial charge on any atom is -0.494 e. The maximum Gasteiger partial charge on any atom is 0.165 e. The summed E-state index contributed by atoms with van der Waals surface area (Å²) < 4.78 is 18.7. The van der Waals surface area contributed by atoms with Crippen LogP contribution in [0.5, 0.6) is 5.75 Å². The molecule has 1 N–H and O–H groups in total. The zero-order valence-electron chi connectivity index (χ0n) is 11.2. The van der Waals surface area contributed by atoms with E-state index in [4.69, 9.17) is 16.3 Å². The first kappa shape index (κ1) is 13.6. The Balaban J connectivity index is 1.99. The molecule has 1 heterocycles. The second-order valence-electron chi connectivity index (χ2n) is 4.47. The summed E-state index contributed by atoms with van der Waals surface area (Å²) in [6.07, 6.45) is 1.65. The molecule has 3 aromatic rings. The first-order valence-corrected chi connectivity index (χ1v) is 6.70. The van der Waals surface area contributed by atoms with Crippen molar-refractivity contribution < 1.29 is 9.13 Å². The molecule has 1 aromatic heterocycles. The highest BCUT2D eigenvalue weighted by molar-refractivity contribution is 6.33. The molecule has 2 aromatic carbocycles. The van der Waals surface area contributed by atoms with E-state index in [1.807, 2.05) is 18.2 Å². The van der Waals surface area contributed by atoms with Gasteiger partial charge in [0.05, 0.1) is 24.0 Å². The van der Waals surface area contributed by atoms with Gasteiger partial charge in [0.1, 0.15) is 5.82 Å². The third kappa shape index (κ3) is 2.62. The van der Waals surface area contributed by atoms with Crippen LogP contribution in [0.3, 0.4) is 0 Å². The van der Waals surface area contributed by atoms with E-state index in [0.717, 1.165) is 5.56 Å². The Hall–Kier alpha value is -2.33. The summed E-state index contributed by atoms with van der Waals surface area (Å²) in [7, 11) is 1.43. The molecule has 0 spiro atoms. The Morgan fingerprint density at radius 2 is 2.00 bits per heavy atom. The fourth-order valence-electron chi connectivity index (χ4n) is 2.09. The third-order valence-electron chi connectivity index (χ3n) is 3.17. The van der Waals surface area contributed by atoms with Gasteiger partial charge in [-0.1, -0.05) is 23.7 Å². The highest BCUT2D eigenvalue weighted by Gasteiger charge is 2.10. The highest BCUT2D eigenvalue weighted by Crippen LogP contribution is 2.29. The average Bonchev–Trinajstić information content (AvgIpc) is 2.97. The standard InChI is InChI=1S/C16H12ClFN2O/c1-21-15-7-6-10(8-13(15)18)14-9-19-16(20-14)11-4-2-3-5-12(11)17/h2-9H,1H3,(H,19,20). The van der Waals surface area contributed by atoms with Gasteiger partial charge >= 0.3 is 0 Å². The Kier molecular flexibility index (Phi) is 3.62. The Morgan fingerprint density at radius 3 is 2.71 bits per heavy atom. The normalized spacial score (nSPS) is 10.6. The van der Waals surface area contributed by atoms with Gasteiger partial charge < -0.3 is 9.72 Å². The van der Waals surface area contributed by atoms with Crippen molar-refractivity contribution in [3.63, 3.8) is 0 Å². The van der Waals surface area contributed by atoms with Crippen LogP contribution in [0.1, 0.15) is 0 Å². The van der Waals surface area contributed by atoms with Crippen LogP contribution >= 0.6 is 11.6 Å². The van der Waals surface area contributed by atoms with Gasteiger partial charge in [-0.2, -0.15) is 0 Å². The maximum atomic E-state index is 13.7. The van der Waals surface area contributed by atoms with Crippen LogP contribution < -0.4 is 4.74 Å². The van der Waals surface area contributed by atoms with E-state index < -0.39 is 5.82 Å². The van der Waals surface area contributed by atoms with Crippen molar-refractivity contribution >= 4 is 11.6 Å². The number of hydrogen-bond donors (Lipinski definition) is 1. The summed E-state index contributed by atoms with van der Waals surface area (Å²) in [5, 5.41) is 0.610. The van der Waals surface area contributed by atoms with Gasteiger partial charge in [-0.05, 0) is 30.3 Å². The third-order valence-corrected chi connectivity index (χ3v) is 3.50. The SMILES string of the molecule is COc1ccc(-c2cnc(-c3ccccc3Cl)[nH]2)cc1F. The zero-order valence-corrected chi connectivity index (χ0v) is 12.0. The molecular formula is C16H12ClFN2O. The van der Waals surface area contributed by atoms with E-state index in [-0.39, 0.29) is 5.75 Å². The Bertz CT molecular complexity index is 785. The smallest absolute Gasteiger partial charge is 0.165 e. The number of benzene rings is 2. The topological polar surface area (TPSA) is 37.9 Å². The number of methoxy groups -OCH3 is 1. The monoisotopic (exact) mass is 302 g/mol. The quantitative estimate of drug-likeness (QED) is 0.771. The van der Waals surface area contributed by atoms with Crippen LogP contribution in [0.4, 0.5) is 4.39 Å². The zero-order chi connectivity index (χ0) is 14.8. The molecule has 3 nitrogen and oxygen atoms in total. The summed E-state index contributed by atoms with van der Waals surface area (Å²) >= 11 is 6.14. The molecule has 0 amide bonds. The summed E-state index contributed by atoms with van der Waals surface area (Å²) in [5.41, 5.74) is 2.21. The molecule has 21 heavy (non-hydrogen) atoms. The van der Waals surface area contributed by atoms with Crippen LogP contribution in [0.2, 0.25) is 5.02 Å². The van der Waals surface area contributed by atoms with Crippen molar-refractivity contribution in [3.05, 3.63) is 59.5 Å². The number of aromatic nitrogens is 2. The molecule has 0 aliphatic rings. The van der Waals surface area contributed by atoms with E-state index in [1.165, 1.54) is 13.2 Å². The van der Waals surface area contributed by atoms with Gasteiger partial charge in [0.15, 0.2) is 11.6 Å². The first-order chi connectivity index (χ1) is 10.2. The van der Waals surface area contributed by atoms with Crippen LogP contribution in [0, 0.1) is 5.82 Å². The minimum absolute atomic E-state index is 0.213. The second kappa shape index (κ2) is 5.58. The molecule has 0 atom stereocenters. The molecule has 0 saturated carbocycles. The number of rotatable bonds is 3. The van der Waals surface area contributed by atoms with E-state index >= 15 is 0 Å². The highest BCUT2D eigenvalue weighted by atomic mass is 35.5. The molecule has 0 radical (unpaired) electrons. The number of imidazole rings is 1. The van der Waals surface area contributed by atoms with E-state index in [9.17, 15) is 4.39 Å². The average molecular weight is 303 g/mol. The second-order valence-corrected chi connectivity index (χ2v) is 4.88. The Morgan fingerprint density at radius 1 is 1.19 bits per heavy atom. The Labute approximate surface area is 126 Å². The first-order valence-electron chi connectivity index (χ1n) is 6.33. The lowest BCUT2D eigenvalue weighted by Crippen LogP contribution is -1.88. The van der Waals surface area contributed by atoms with Gasteiger partial charge in [-0.25, -0.2) is 9.37 Å². The lowest BCUT2D eigenvalue weighted by Gasteiger charge is -2.03. The number of aromatic amines is 1. The molecular weight excluding hydrogens is 291 g/mol. The maximum absolute atomic E-state index is 13.7. The lowest BCUT2D eigenvalue weighted by molar-refractivity contribution is 0.386. The predicted octanol–water partition coefficient (Wildman–Crippen LogP) is 4.54. The molecule has 0 aliphatic carbocycles. The molecule has 0 aliphatic heterocycles. The van der Waals surface area contributed by atoms with Crippen molar-refractivity contribution in [3.8, 4) is 28.4 Å². The van der Waals surface area contributed by atoms with Gasteiger partial charge in [-0.15, -0.1) is 0 Å². The van der Waals surface area contributed by atoms with Crippen LogP contribution in [-0.2, 0) is 0 Å².